The quantitative estimate of drug-likeness (QED) is 0.717. The topological polar surface area (TPSA) is 104 Å². The summed E-state index contributed by atoms with van der Waals surface area (Å²) in [6.07, 6.45) is 6.06. The minimum Gasteiger partial charge on any atom is -0.354 e. The van der Waals surface area contributed by atoms with Gasteiger partial charge in [0.25, 0.3) is 5.91 Å². The first-order valence-corrected chi connectivity index (χ1v) is 10.6. The van der Waals surface area contributed by atoms with E-state index < -0.39 is 22.0 Å². The maximum absolute atomic E-state index is 12.5. The molecule has 2 fully saturated rings. The number of nitrogens with one attached hydrogen (secondary N) is 3. The van der Waals surface area contributed by atoms with Gasteiger partial charge in [0.05, 0.1) is 4.90 Å². The first-order valence-electron chi connectivity index (χ1n) is 9.17. The summed E-state index contributed by atoms with van der Waals surface area (Å²) in [5.41, 5.74) is 0.233. The van der Waals surface area contributed by atoms with Crippen LogP contribution in [0.15, 0.2) is 29.2 Å². The van der Waals surface area contributed by atoms with Gasteiger partial charge in [-0.2, -0.15) is 0 Å². The van der Waals surface area contributed by atoms with Crippen molar-refractivity contribution in [3.05, 3.63) is 29.8 Å². The first kappa shape index (κ1) is 18.8. The summed E-state index contributed by atoms with van der Waals surface area (Å²) in [6.45, 7) is 0.617. The molecule has 1 aliphatic heterocycles. The van der Waals surface area contributed by atoms with E-state index in [0.29, 0.717) is 13.0 Å². The fraction of sp³-hybridized carbons (Fsp3) is 0.556. The molecule has 2 amide bonds. The van der Waals surface area contributed by atoms with E-state index in [1.807, 2.05) is 0 Å². The van der Waals surface area contributed by atoms with Gasteiger partial charge in [-0.3, -0.25) is 9.59 Å². The van der Waals surface area contributed by atoms with Crippen LogP contribution in [0.4, 0.5) is 0 Å². The Labute approximate surface area is 154 Å². The minimum atomic E-state index is -3.66. The second-order valence-corrected chi connectivity index (χ2v) is 8.66. The van der Waals surface area contributed by atoms with Gasteiger partial charge in [-0.1, -0.05) is 18.9 Å². The molecular weight excluding hydrogens is 354 g/mol. The van der Waals surface area contributed by atoms with E-state index in [0.717, 1.165) is 38.5 Å². The Morgan fingerprint density at radius 2 is 1.81 bits per heavy atom. The maximum Gasteiger partial charge on any atom is 0.251 e. The number of carbonyl (C=O) groups is 2. The Morgan fingerprint density at radius 3 is 2.58 bits per heavy atom. The molecule has 2 aliphatic rings. The van der Waals surface area contributed by atoms with Crippen LogP contribution in [-0.2, 0) is 14.8 Å². The molecule has 142 valence electrons. The number of hydrogen-bond donors (Lipinski definition) is 3. The van der Waals surface area contributed by atoms with Gasteiger partial charge in [0.15, 0.2) is 0 Å². The molecule has 1 aromatic carbocycles. The number of amides is 2. The summed E-state index contributed by atoms with van der Waals surface area (Å²) in [7, 11) is -3.66. The Kier molecular flexibility index (Phi) is 5.93. The third-order valence-corrected chi connectivity index (χ3v) is 6.44. The van der Waals surface area contributed by atoms with Crippen molar-refractivity contribution in [2.45, 2.75) is 61.9 Å². The molecule has 1 saturated carbocycles. The zero-order chi connectivity index (χ0) is 18.6. The molecule has 8 heteroatoms. The largest absolute Gasteiger partial charge is 0.354 e. The van der Waals surface area contributed by atoms with Crippen molar-refractivity contribution in [2.75, 3.05) is 6.54 Å². The van der Waals surface area contributed by atoms with E-state index in [2.05, 4.69) is 15.4 Å². The second-order valence-electron chi connectivity index (χ2n) is 6.94. The van der Waals surface area contributed by atoms with Crippen LogP contribution in [-0.4, -0.2) is 38.9 Å². The summed E-state index contributed by atoms with van der Waals surface area (Å²) in [5.74, 6) is -0.632. The molecule has 1 saturated heterocycles. The van der Waals surface area contributed by atoms with Crippen LogP contribution in [0.25, 0.3) is 0 Å². The van der Waals surface area contributed by atoms with Gasteiger partial charge in [0.1, 0.15) is 6.04 Å². The van der Waals surface area contributed by atoms with Gasteiger partial charge >= 0.3 is 0 Å². The molecule has 0 bridgehead atoms. The molecule has 1 atom stereocenters. The average molecular weight is 379 g/mol. The lowest BCUT2D eigenvalue weighted by Gasteiger charge is -2.16. The van der Waals surface area contributed by atoms with Crippen LogP contribution in [0, 0.1) is 0 Å². The third-order valence-electron chi connectivity index (χ3n) is 4.92. The number of carbonyl (C=O) groups excluding carboxylic acids is 2. The van der Waals surface area contributed by atoms with Crippen LogP contribution < -0.4 is 15.4 Å². The Balaban J connectivity index is 1.71. The van der Waals surface area contributed by atoms with E-state index in [1.165, 1.54) is 12.1 Å². The SMILES string of the molecule is O=C(N[C@H]1CCCCNC1=O)c1cccc(S(=O)(=O)NC2CCCC2)c1. The Morgan fingerprint density at radius 1 is 1.08 bits per heavy atom. The van der Waals surface area contributed by atoms with Gasteiger partial charge in [0, 0.05) is 18.2 Å². The second kappa shape index (κ2) is 8.18. The highest BCUT2D eigenvalue weighted by molar-refractivity contribution is 7.89. The van der Waals surface area contributed by atoms with Gasteiger partial charge in [-0.15, -0.1) is 0 Å². The van der Waals surface area contributed by atoms with Crippen LogP contribution >= 0.6 is 0 Å². The molecule has 3 N–H and O–H groups in total. The molecular formula is C18H25N3O4S. The Hall–Kier alpha value is -1.93. The molecule has 1 aliphatic carbocycles. The first-order chi connectivity index (χ1) is 12.5. The standard InChI is InChI=1S/C18H25N3O4S/c22-17(20-16-10-3-4-11-19-18(16)23)13-6-5-9-15(12-13)26(24,25)21-14-7-1-2-8-14/h5-6,9,12,14,16,21H,1-4,7-8,10-11H2,(H,19,23)(H,20,22)/t16-/m0/s1. The summed E-state index contributed by atoms with van der Waals surface area (Å²) in [6, 6.07) is 5.33. The number of rotatable bonds is 5. The number of hydrogen-bond acceptors (Lipinski definition) is 4. The predicted octanol–water partition coefficient (Wildman–Crippen LogP) is 1.31. The lowest BCUT2D eigenvalue weighted by molar-refractivity contribution is -0.122. The zero-order valence-corrected chi connectivity index (χ0v) is 15.5. The normalized spacial score (nSPS) is 21.8. The lowest BCUT2D eigenvalue weighted by atomic mass is 10.1. The van der Waals surface area contributed by atoms with E-state index in [9.17, 15) is 18.0 Å². The number of benzene rings is 1. The monoisotopic (exact) mass is 379 g/mol. The summed E-state index contributed by atoms with van der Waals surface area (Å²) in [4.78, 5) is 24.5. The van der Waals surface area contributed by atoms with E-state index in [-0.39, 0.29) is 22.4 Å². The van der Waals surface area contributed by atoms with Crippen molar-refractivity contribution < 1.29 is 18.0 Å². The molecule has 0 aromatic heterocycles. The highest BCUT2D eigenvalue weighted by atomic mass is 32.2. The molecule has 26 heavy (non-hydrogen) atoms. The maximum atomic E-state index is 12.5. The van der Waals surface area contributed by atoms with Crippen LogP contribution in [0.2, 0.25) is 0 Å². The van der Waals surface area contributed by atoms with Crippen molar-refractivity contribution in [1.82, 2.24) is 15.4 Å². The lowest BCUT2D eigenvalue weighted by Crippen LogP contribution is -2.45. The highest BCUT2D eigenvalue weighted by Gasteiger charge is 2.25. The summed E-state index contributed by atoms with van der Waals surface area (Å²) < 4.78 is 27.8. The van der Waals surface area contributed by atoms with Crippen LogP contribution in [0.3, 0.4) is 0 Å². The van der Waals surface area contributed by atoms with Gasteiger partial charge in [-0.25, -0.2) is 13.1 Å². The number of sulfonamides is 1. The molecule has 1 heterocycles. The fourth-order valence-electron chi connectivity index (χ4n) is 3.45. The van der Waals surface area contributed by atoms with E-state index in [1.54, 1.807) is 12.1 Å². The van der Waals surface area contributed by atoms with Crippen molar-refractivity contribution in [2.24, 2.45) is 0 Å². The van der Waals surface area contributed by atoms with Gasteiger partial charge in [-0.05, 0) is 50.3 Å². The molecule has 3 rings (SSSR count). The van der Waals surface area contributed by atoms with Crippen molar-refractivity contribution in [3.8, 4) is 0 Å². The average Bonchev–Trinajstić information content (AvgIpc) is 3.04. The molecule has 0 radical (unpaired) electrons. The highest BCUT2D eigenvalue weighted by Crippen LogP contribution is 2.21. The van der Waals surface area contributed by atoms with Gasteiger partial charge in [0.2, 0.25) is 15.9 Å². The molecule has 1 aromatic rings. The smallest absolute Gasteiger partial charge is 0.251 e. The minimum absolute atomic E-state index is 0.0350. The van der Waals surface area contributed by atoms with Crippen molar-refractivity contribution in [1.29, 1.82) is 0 Å². The van der Waals surface area contributed by atoms with Gasteiger partial charge < -0.3 is 10.6 Å². The predicted molar refractivity (Wildman–Crippen MR) is 97.1 cm³/mol. The van der Waals surface area contributed by atoms with Crippen molar-refractivity contribution >= 4 is 21.8 Å². The van der Waals surface area contributed by atoms with E-state index in [4.69, 9.17) is 0 Å². The fourth-order valence-corrected chi connectivity index (χ4v) is 4.80. The van der Waals surface area contributed by atoms with Crippen molar-refractivity contribution in [3.63, 3.8) is 0 Å². The Bertz CT molecular complexity index is 772. The molecule has 7 nitrogen and oxygen atoms in total. The molecule has 0 spiro atoms. The third kappa shape index (κ3) is 4.62. The molecule has 0 unspecified atom stereocenters. The zero-order valence-electron chi connectivity index (χ0n) is 14.7. The summed E-state index contributed by atoms with van der Waals surface area (Å²) >= 11 is 0. The van der Waals surface area contributed by atoms with Crippen LogP contribution in [0.5, 0.6) is 0 Å². The summed E-state index contributed by atoms with van der Waals surface area (Å²) in [5, 5.41) is 5.48. The van der Waals surface area contributed by atoms with E-state index >= 15 is 0 Å². The van der Waals surface area contributed by atoms with Crippen LogP contribution in [0.1, 0.15) is 55.3 Å².